The highest BCUT2D eigenvalue weighted by molar-refractivity contribution is 5.95. The molecule has 2 fully saturated rings. The molecule has 2 atom stereocenters. The number of aryl methyl sites for hydroxylation is 1. The van der Waals surface area contributed by atoms with Crippen molar-refractivity contribution < 1.29 is 27.4 Å². The second-order valence-corrected chi connectivity index (χ2v) is 6.34. The van der Waals surface area contributed by atoms with Crippen molar-refractivity contribution in [1.82, 2.24) is 14.7 Å². The third-order valence-corrected chi connectivity index (χ3v) is 4.35. The first-order chi connectivity index (χ1) is 11.2. The molecule has 9 heteroatoms. The van der Waals surface area contributed by atoms with Crippen LogP contribution in [0, 0.1) is 0 Å². The van der Waals surface area contributed by atoms with Crippen molar-refractivity contribution in [1.29, 1.82) is 0 Å². The molecule has 2 saturated heterocycles. The minimum absolute atomic E-state index is 0.227. The molecule has 0 bridgehead atoms. The summed E-state index contributed by atoms with van der Waals surface area (Å²) < 4.78 is 52.0. The quantitative estimate of drug-likeness (QED) is 0.820. The molecule has 0 saturated carbocycles. The number of halogens is 3. The number of nitrogens with zero attached hydrogens (tertiary/aromatic N) is 3. The van der Waals surface area contributed by atoms with Crippen LogP contribution in [0.3, 0.4) is 0 Å². The number of hydrogen-bond donors (Lipinski definition) is 0. The molecule has 0 aliphatic carbocycles. The standard InChI is InChI=1S/C15H20F3N3O3/c1-3-21-7-11(12(19-21)15(16,17)18)13(22)20-6-10(2)24-14(8-20)4-5-23-9-14/h7,10H,3-6,8-9H2,1-2H3. The number of amides is 1. The first-order valence-electron chi connectivity index (χ1n) is 7.93. The van der Waals surface area contributed by atoms with Crippen LogP contribution in [0.1, 0.15) is 36.3 Å². The number of alkyl halides is 3. The van der Waals surface area contributed by atoms with E-state index in [1.165, 1.54) is 11.1 Å². The van der Waals surface area contributed by atoms with Gasteiger partial charge in [0.15, 0.2) is 5.69 Å². The van der Waals surface area contributed by atoms with Gasteiger partial charge in [0.05, 0.1) is 24.8 Å². The van der Waals surface area contributed by atoms with Gasteiger partial charge in [-0.25, -0.2) is 0 Å². The maximum absolute atomic E-state index is 13.2. The zero-order valence-electron chi connectivity index (χ0n) is 13.6. The van der Waals surface area contributed by atoms with Gasteiger partial charge in [-0.05, 0) is 13.8 Å². The summed E-state index contributed by atoms with van der Waals surface area (Å²) in [7, 11) is 0. The van der Waals surface area contributed by atoms with Crippen LogP contribution >= 0.6 is 0 Å². The molecule has 0 N–H and O–H groups in total. The Kier molecular flexibility index (Phi) is 4.33. The molecular weight excluding hydrogens is 327 g/mol. The zero-order valence-corrected chi connectivity index (χ0v) is 13.6. The number of rotatable bonds is 2. The van der Waals surface area contributed by atoms with Crippen molar-refractivity contribution in [3.8, 4) is 0 Å². The largest absolute Gasteiger partial charge is 0.435 e. The summed E-state index contributed by atoms with van der Waals surface area (Å²) in [5, 5.41) is 3.51. The molecule has 6 nitrogen and oxygen atoms in total. The summed E-state index contributed by atoms with van der Waals surface area (Å²) in [6.45, 7) is 5.08. The van der Waals surface area contributed by atoms with Crippen molar-refractivity contribution >= 4 is 5.91 Å². The summed E-state index contributed by atoms with van der Waals surface area (Å²) in [6, 6.07) is 0. The van der Waals surface area contributed by atoms with Gasteiger partial charge >= 0.3 is 6.18 Å². The van der Waals surface area contributed by atoms with Crippen molar-refractivity contribution in [3.63, 3.8) is 0 Å². The van der Waals surface area contributed by atoms with E-state index in [-0.39, 0.29) is 25.7 Å². The van der Waals surface area contributed by atoms with E-state index in [0.717, 1.165) is 4.68 Å². The van der Waals surface area contributed by atoms with Crippen molar-refractivity contribution in [2.75, 3.05) is 26.3 Å². The molecule has 1 aromatic rings. The lowest BCUT2D eigenvalue weighted by atomic mass is 9.98. The average Bonchev–Trinajstić information content (AvgIpc) is 3.12. The highest BCUT2D eigenvalue weighted by atomic mass is 19.4. The molecule has 1 amide bonds. The monoisotopic (exact) mass is 347 g/mol. The Morgan fingerprint density at radius 3 is 2.83 bits per heavy atom. The number of carbonyl (C=O) groups is 1. The number of carbonyl (C=O) groups excluding carboxylic acids is 1. The fraction of sp³-hybridized carbons (Fsp3) is 0.733. The minimum atomic E-state index is -4.67. The van der Waals surface area contributed by atoms with Crippen LogP contribution in [0.2, 0.25) is 0 Å². The Bertz CT molecular complexity index is 623. The van der Waals surface area contributed by atoms with Gasteiger partial charge in [0, 0.05) is 32.3 Å². The second kappa shape index (κ2) is 6.03. The summed E-state index contributed by atoms with van der Waals surface area (Å²) in [6.07, 6.45) is -3.14. The van der Waals surface area contributed by atoms with E-state index < -0.39 is 28.9 Å². The maximum Gasteiger partial charge on any atom is 0.435 e. The van der Waals surface area contributed by atoms with Gasteiger partial charge in [0.2, 0.25) is 0 Å². The molecule has 3 rings (SSSR count). The van der Waals surface area contributed by atoms with E-state index in [1.807, 2.05) is 0 Å². The van der Waals surface area contributed by atoms with Gasteiger partial charge < -0.3 is 14.4 Å². The Morgan fingerprint density at radius 2 is 2.25 bits per heavy atom. The Hall–Kier alpha value is -1.61. The molecule has 134 valence electrons. The van der Waals surface area contributed by atoms with E-state index >= 15 is 0 Å². The van der Waals surface area contributed by atoms with Crippen LogP contribution in [0.15, 0.2) is 6.20 Å². The van der Waals surface area contributed by atoms with E-state index in [2.05, 4.69) is 5.10 Å². The van der Waals surface area contributed by atoms with Crippen LogP contribution in [0.25, 0.3) is 0 Å². The van der Waals surface area contributed by atoms with Crippen molar-refractivity contribution in [2.24, 2.45) is 0 Å². The first kappa shape index (κ1) is 17.2. The lowest BCUT2D eigenvalue weighted by Gasteiger charge is -2.42. The molecular formula is C15H20F3N3O3. The van der Waals surface area contributed by atoms with E-state index in [4.69, 9.17) is 9.47 Å². The summed E-state index contributed by atoms with van der Waals surface area (Å²) >= 11 is 0. The Balaban J connectivity index is 1.89. The maximum atomic E-state index is 13.2. The van der Waals surface area contributed by atoms with Crippen LogP contribution < -0.4 is 0 Å². The van der Waals surface area contributed by atoms with Crippen molar-refractivity contribution in [3.05, 3.63) is 17.5 Å². The third kappa shape index (κ3) is 3.14. The highest BCUT2D eigenvalue weighted by Gasteiger charge is 2.46. The van der Waals surface area contributed by atoms with Gasteiger partial charge in [-0.15, -0.1) is 0 Å². The van der Waals surface area contributed by atoms with Crippen LogP contribution in [-0.4, -0.2) is 58.6 Å². The van der Waals surface area contributed by atoms with Crippen LogP contribution in [0.4, 0.5) is 13.2 Å². The molecule has 0 aromatic carbocycles. The fourth-order valence-electron chi connectivity index (χ4n) is 3.30. The summed E-state index contributed by atoms with van der Waals surface area (Å²) in [4.78, 5) is 14.2. The van der Waals surface area contributed by atoms with E-state index in [1.54, 1.807) is 13.8 Å². The third-order valence-electron chi connectivity index (χ3n) is 4.35. The van der Waals surface area contributed by atoms with Crippen LogP contribution in [-0.2, 0) is 22.2 Å². The zero-order chi connectivity index (χ0) is 17.5. The molecule has 1 spiro atoms. The predicted molar refractivity (Wildman–Crippen MR) is 77.5 cm³/mol. The molecule has 3 heterocycles. The SMILES string of the molecule is CCn1cc(C(=O)N2CC(C)OC3(CCOC3)C2)c(C(F)(F)F)n1. The first-order valence-corrected chi connectivity index (χ1v) is 7.93. The van der Waals surface area contributed by atoms with Gasteiger partial charge in [-0.1, -0.05) is 0 Å². The van der Waals surface area contributed by atoms with Gasteiger partial charge in [-0.2, -0.15) is 18.3 Å². The lowest BCUT2D eigenvalue weighted by Crippen LogP contribution is -2.57. The fourth-order valence-corrected chi connectivity index (χ4v) is 3.30. The number of morpholine rings is 1. The van der Waals surface area contributed by atoms with Gasteiger partial charge in [0.25, 0.3) is 5.91 Å². The second-order valence-electron chi connectivity index (χ2n) is 6.34. The molecule has 0 radical (unpaired) electrons. The number of hydrogen-bond acceptors (Lipinski definition) is 4. The van der Waals surface area contributed by atoms with E-state index in [9.17, 15) is 18.0 Å². The van der Waals surface area contributed by atoms with Gasteiger partial charge in [0.1, 0.15) is 5.60 Å². The molecule has 24 heavy (non-hydrogen) atoms. The molecule has 1 aromatic heterocycles. The van der Waals surface area contributed by atoms with Gasteiger partial charge in [-0.3, -0.25) is 9.48 Å². The Labute approximate surface area is 137 Å². The number of ether oxygens (including phenoxy) is 2. The predicted octanol–water partition coefficient (Wildman–Crippen LogP) is 1.94. The minimum Gasteiger partial charge on any atom is -0.378 e. The molecule has 2 aliphatic rings. The topological polar surface area (TPSA) is 56.6 Å². The average molecular weight is 347 g/mol. The van der Waals surface area contributed by atoms with Crippen molar-refractivity contribution in [2.45, 2.75) is 44.7 Å². The summed E-state index contributed by atoms with van der Waals surface area (Å²) in [5.74, 6) is -0.663. The lowest BCUT2D eigenvalue weighted by molar-refractivity contribution is -0.143. The van der Waals surface area contributed by atoms with Crippen LogP contribution in [0.5, 0.6) is 0 Å². The Morgan fingerprint density at radius 1 is 1.50 bits per heavy atom. The highest BCUT2D eigenvalue weighted by Crippen LogP contribution is 2.34. The molecule has 2 aliphatic heterocycles. The number of aromatic nitrogens is 2. The smallest absolute Gasteiger partial charge is 0.378 e. The normalized spacial score (nSPS) is 27.9. The van der Waals surface area contributed by atoms with E-state index in [0.29, 0.717) is 19.6 Å². The molecule has 2 unspecified atom stereocenters. The summed E-state index contributed by atoms with van der Waals surface area (Å²) in [5.41, 5.74) is -2.16.